The van der Waals surface area contributed by atoms with Crippen molar-refractivity contribution in [1.29, 1.82) is 0 Å². The largest absolute Gasteiger partial charge is 0.434 e. The molecule has 3 rings (SSSR count). The standard InChI is InChI=1S/C21H21F2N3O3/c1-3-17(16-10-6-7-11-18(16)29-21(22)23)24-19(27)12-26-20(28)15-9-5-4-8-14(15)13(2)25-26/h4-11,17,21H,3,12H2,1-2H3,(H,24,27). The molecule has 0 aliphatic rings. The lowest BCUT2D eigenvalue weighted by Crippen LogP contribution is -2.36. The van der Waals surface area contributed by atoms with Crippen LogP contribution in [0.3, 0.4) is 0 Å². The number of carbonyl (C=O) groups excluding carboxylic acids is 1. The number of aryl methyl sites for hydroxylation is 1. The Hall–Kier alpha value is -3.29. The number of hydrogen-bond acceptors (Lipinski definition) is 4. The average Bonchev–Trinajstić information content (AvgIpc) is 2.70. The van der Waals surface area contributed by atoms with Crippen LogP contribution in [0.15, 0.2) is 53.3 Å². The number of halogens is 2. The van der Waals surface area contributed by atoms with Crippen LogP contribution in [0.5, 0.6) is 5.75 Å². The highest BCUT2D eigenvalue weighted by molar-refractivity contribution is 5.83. The summed E-state index contributed by atoms with van der Waals surface area (Å²) < 4.78 is 31.0. The van der Waals surface area contributed by atoms with Crippen molar-refractivity contribution in [3.8, 4) is 5.75 Å². The second kappa shape index (κ2) is 8.81. The van der Waals surface area contributed by atoms with Crippen molar-refractivity contribution in [2.24, 2.45) is 0 Å². The first-order valence-electron chi connectivity index (χ1n) is 9.20. The molecular formula is C21H21F2N3O3. The monoisotopic (exact) mass is 401 g/mol. The number of amides is 1. The van der Waals surface area contributed by atoms with Gasteiger partial charge in [-0.3, -0.25) is 9.59 Å². The zero-order chi connectivity index (χ0) is 21.0. The number of hydrogen-bond donors (Lipinski definition) is 1. The first-order chi connectivity index (χ1) is 13.9. The predicted octanol–water partition coefficient (Wildman–Crippen LogP) is 3.57. The Kier molecular flexibility index (Phi) is 6.21. The Balaban J connectivity index is 1.83. The molecule has 1 amide bonds. The highest BCUT2D eigenvalue weighted by Crippen LogP contribution is 2.28. The molecule has 8 heteroatoms. The molecule has 1 atom stereocenters. The second-order valence-corrected chi connectivity index (χ2v) is 6.54. The van der Waals surface area contributed by atoms with E-state index in [-0.39, 0.29) is 17.9 Å². The first kappa shape index (κ1) is 20.4. The van der Waals surface area contributed by atoms with Crippen LogP contribution < -0.4 is 15.6 Å². The molecule has 1 heterocycles. The molecule has 1 aromatic heterocycles. The lowest BCUT2D eigenvalue weighted by Gasteiger charge is -2.20. The van der Waals surface area contributed by atoms with Crippen molar-refractivity contribution in [3.63, 3.8) is 0 Å². The second-order valence-electron chi connectivity index (χ2n) is 6.54. The van der Waals surface area contributed by atoms with Crippen LogP contribution in [-0.2, 0) is 11.3 Å². The quantitative estimate of drug-likeness (QED) is 0.657. The Morgan fingerprint density at radius 2 is 1.79 bits per heavy atom. The summed E-state index contributed by atoms with van der Waals surface area (Å²) in [5.74, 6) is -0.445. The first-order valence-corrected chi connectivity index (χ1v) is 9.20. The van der Waals surface area contributed by atoms with Gasteiger partial charge in [0.1, 0.15) is 12.3 Å². The van der Waals surface area contributed by atoms with Gasteiger partial charge in [0.05, 0.1) is 17.1 Å². The van der Waals surface area contributed by atoms with Gasteiger partial charge in [-0.05, 0) is 25.5 Å². The molecule has 2 aromatic carbocycles. The van der Waals surface area contributed by atoms with Crippen molar-refractivity contribution in [2.75, 3.05) is 0 Å². The van der Waals surface area contributed by atoms with E-state index in [0.29, 0.717) is 23.1 Å². The fourth-order valence-electron chi connectivity index (χ4n) is 3.26. The number of rotatable bonds is 7. The Labute approximate surface area is 166 Å². The zero-order valence-corrected chi connectivity index (χ0v) is 16.1. The maximum atomic E-state index is 12.7. The Morgan fingerprint density at radius 3 is 2.48 bits per heavy atom. The predicted molar refractivity (Wildman–Crippen MR) is 105 cm³/mol. The molecule has 0 spiro atoms. The fourth-order valence-corrected chi connectivity index (χ4v) is 3.26. The van der Waals surface area contributed by atoms with Gasteiger partial charge in [0.2, 0.25) is 5.91 Å². The molecule has 0 bridgehead atoms. The van der Waals surface area contributed by atoms with E-state index in [0.717, 1.165) is 10.1 Å². The number of ether oxygens (including phenoxy) is 1. The maximum Gasteiger partial charge on any atom is 0.387 e. The molecule has 0 saturated heterocycles. The van der Waals surface area contributed by atoms with Crippen LogP contribution in [0.2, 0.25) is 0 Å². The van der Waals surface area contributed by atoms with Gasteiger partial charge < -0.3 is 10.1 Å². The van der Waals surface area contributed by atoms with Crippen LogP contribution in [0.25, 0.3) is 10.8 Å². The summed E-state index contributed by atoms with van der Waals surface area (Å²) in [4.78, 5) is 25.2. The van der Waals surface area contributed by atoms with Gasteiger partial charge in [-0.2, -0.15) is 13.9 Å². The minimum Gasteiger partial charge on any atom is -0.434 e. The molecule has 0 aliphatic carbocycles. The number of para-hydroxylation sites is 1. The van der Waals surface area contributed by atoms with Crippen LogP contribution in [0.4, 0.5) is 8.78 Å². The number of carbonyl (C=O) groups is 1. The topological polar surface area (TPSA) is 73.2 Å². The molecule has 1 N–H and O–H groups in total. The number of benzene rings is 2. The van der Waals surface area contributed by atoms with E-state index >= 15 is 0 Å². The van der Waals surface area contributed by atoms with Gasteiger partial charge in [-0.1, -0.05) is 43.3 Å². The third kappa shape index (κ3) is 4.59. The van der Waals surface area contributed by atoms with Gasteiger partial charge in [0, 0.05) is 10.9 Å². The minimum absolute atomic E-state index is 0.00601. The molecule has 0 saturated carbocycles. The molecule has 3 aromatic rings. The van der Waals surface area contributed by atoms with Crippen molar-refractivity contribution in [3.05, 3.63) is 70.1 Å². The molecule has 0 aliphatic heterocycles. The smallest absolute Gasteiger partial charge is 0.387 e. The van der Waals surface area contributed by atoms with E-state index in [4.69, 9.17) is 0 Å². The number of nitrogens with one attached hydrogen (secondary N) is 1. The number of fused-ring (bicyclic) bond motifs is 1. The third-order valence-electron chi connectivity index (χ3n) is 4.60. The molecule has 29 heavy (non-hydrogen) atoms. The molecule has 0 radical (unpaired) electrons. The average molecular weight is 401 g/mol. The highest BCUT2D eigenvalue weighted by Gasteiger charge is 2.19. The summed E-state index contributed by atoms with van der Waals surface area (Å²) in [5.41, 5.74) is 0.713. The molecule has 152 valence electrons. The Bertz CT molecular complexity index is 1080. The summed E-state index contributed by atoms with van der Waals surface area (Å²) in [6, 6.07) is 12.8. The molecule has 6 nitrogen and oxygen atoms in total. The van der Waals surface area contributed by atoms with Gasteiger partial charge in [-0.25, -0.2) is 4.68 Å². The zero-order valence-electron chi connectivity index (χ0n) is 16.1. The highest BCUT2D eigenvalue weighted by atomic mass is 19.3. The van der Waals surface area contributed by atoms with Gasteiger partial charge in [0.25, 0.3) is 5.56 Å². The molecule has 0 fully saturated rings. The summed E-state index contributed by atoms with van der Waals surface area (Å²) in [6.07, 6.45) is 0.453. The van der Waals surface area contributed by atoms with Crippen LogP contribution in [-0.4, -0.2) is 22.3 Å². The van der Waals surface area contributed by atoms with Crippen molar-refractivity contribution >= 4 is 16.7 Å². The minimum atomic E-state index is -2.97. The SMILES string of the molecule is CCC(NC(=O)Cn1nc(C)c2ccccc2c1=O)c1ccccc1OC(F)F. The molecule has 1 unspecified atom stereocenters. The Morgan fingerprint density at radius 1 is 1.14 bits per heavy atom. The summed E-state index contributed by atoms with van der Waals surface area (Å²) >= 11 is 0. The van der Waals surface area contributed by atoms with Crippen LogP contribution in [0.1, 0.15) is 30.6 Å². The van der Waals surface area contributed by atoms with Gasteiger partial charge in [0.15, 0.2) is 0 Å². The third-order valence-corrected chi connectivity index (χ3v) is 4.60. The van der Waals surface area contributed by atoms with Gasteiger partial charge >= 0.3 is 6.61 Å². The maximum absolute atomic E-state index is 12.7. The lowest BCUT2D eigenvalue weighted by atomic mass is 10.0. The summed E-state index contributed by atoms with van der Waals surface area (Å²) in [5, 5.41) is 8.22. The van der Waals surface area contributed by atoms with E-state index in [1.165, 1.54) is 6.07 Å². The number of aromatic nitrogens is 2. The van der Waals surface area contributed by atoms with E-state index < -0.39 is 18.6 Å². The fraction of sp³-hybridized carbons (Fsp3) is 0.286. The van der Waals surface area contributed by atoms with E-state index in [1.807, 2.05) is 13.0 Å². The molecular weight excluding hydrogens is 380 g/mol. The summed E-state index contributed by atoms with van der Waals surface area (Å²) in [7, 11) is 0. The van der Waals surface area contributed by atoms with Crippen molar-refractivity contribution in [1.82, 2.24) is 15.1 Å². The van der Waals surface area contributed by atoms with E-state index in [9.17, 15) is 18.4 Å². The van der Waals surface area contributed by atoms with Crippen molar-refractivity contribution in [2.45, 2.75) is 39.5 Å². The van der Waals surface area contributed by atoms with Crippen LogP contribution >= 0.6 is 0 Å². The normalized spacial score (nSPS) is 12.2. The summed E-state index contributed by atoms with van der Waals surface area (Å²) in [6.45, 7) is 0.337. The van der Waals surface area contributed by atoms with Crippen molar-refractivity contribution < 1.29 is 18.3 Å². The van der Waals surface area contributed by atoms with Gasteiger partial charge in [-0.15, -0.1) is 0 Å². The number of nitrogens with zero attached hydrogens (tertiary/aromatic N) is 2. The lowest BCUT2D eigenvalue weighted by molar-refractivity contribution is -0.122. The van der Waals surface area contributed by atoms with E-state index in [1.54, 1.807) is 43.3 Å². The van der Waals surface area contributed by atoms with Crippen LogP contribution in [0, 0.1) is 6.92 Å². The number of alkyl halides is 2. The van der Waals surface area contributed by atoms with E-state index in [2.05, 4.69) is 15.2 Å².